The maximum absolute atomic E-state index is 6.29. The van der Waals surface area contributed by atoms with Crippen LogP contribution in [-0.2, 0) is 6.54 Å². The van der Waals surface area contributed by atoms with Crippen LogP contribution in [0.25, 0.3) is 0 Å². The Kier molecular flexibility index (Phi) is 6.91. The van der Waals surface area contributed by atoms with Crippen LogP contribution >= 0.6 is 11.6 Å². The molecule has 0 bridgehead atoms. The van der Waals surface area contributed by atoms with Gasteiger partial charge in [0.15, 0.2) is 11.5 Å². The number of methoxy groups -OCH3 is 2. The first-order valence-corrected chi connectivity index (χ1v) is 8.26. The first-order chi connectivity index (χ1) is 11.5. The predicted octanol–water partition coefficient (Wildman–Crippen LogP) is 3.75. The third-order valence-corrected chi connectivity index (χ3v) is 4.08. The molecule has 1 N–H and O–H groups in total. The Bertz CT molecular complexity index is 647. The van der Waals surface area contributed by atoms with Crippen molar-refractivity contribution in [2.75, 3.05) is 34.9 Å². The van der Waals surface area contributed by atoms with Gasteiger partial charge in [-0.2, -0.15) is 0 Å². The monoisotopic (exact) mass is 348 g/mol. The summed E-state index contributed by atoms with van der Waals surface area (Å²) in [7, 11) is 7.35. The molecule has 2 rings (SSSR count). The number of nitrogens with one attached hydrogen (secondary N) is 1. The van der Waals surface area contributed by atoms with Crippen LogP contribution in [0.5, 0.6) is 11.5 Å². The Morgan fingerprint density at radius 3 is 2.38 bits per heavy atom. The normalized spacial score (nSPS) is 12.2. The Balaban J connectivity index is 2.16. The molecule has 0 aliphatic carbocycles. The molecule has 1 atom stereocenters. The van der Waals surface area contributed by atoms with Crippen LogP contribution < -0.4 is 14.8 Å². The molecule has 5 heteroatoms. The van der Waals surface area contributed by atoms with E-state index in [4.69, 9.17) is 21.1 Å². The van der Waals surface area contributed by atoms with Crippen LogP contribution in [0.1, 0.15) is 17.2 Å². The van der Waals surface area contributed by atoms with Crippen molar-refractivity contribution in [3.63, 3.8) is 0 Å². The van der Waals surface area contributed by atoms with Crippen molar-refractivity contribution in [1.82, 2.24) is 10.2 Å². The highest BCUT2D eigenvalue weighted by molar-refractivity contribution is 6.32. The van der Waals surface area contributed by atoms with Crippen LogP contribution in [0.3, 0.4) is 0 Å². The molecule has 2 aromatic rings. The standard InChI is InChI=1S/C19H25ClN2O2/c1-22(2)13-17(15-8-6-5-7-9-15)21-12-14-10-16(20)19(24-4)18(11-14)23-3/h5-11,17,21H,12-13H2,1-4H3/t17-/m0/s1. The molecule has 0 saturated carbocycles. The van der Waals surface area contributed by atoms with Gasteiger partial charge in [-0.25, -0.2) is 0 Å². The van der Waals surface area contributed by atoms with Crippen molar-refractivity contribution < 1.29 is 9.47 Å². The molecular weight excluding hydrogens is 324 g/mol. The third kappa shape index (κ3) is 4.87. The quantitative estimate of drug-likeness (QED) is 0.787. The lowest BCUT2D eigenvalue weighted by Gasteiger charge is -2.23. The minimum atomic E-state index is 0.230. The fourth-order valence-electron chi connectivity index (χ4n) is 2.65. The summed E-state index contributed by atoms with van der Waals surface area (Å²) in [5.41, 5.74) is 2.31. The second-order valence-corrected chi connectivity index (χ2v) is 6.33. The molecule has 2 aromatic carbocycles. The van der Waals surface area contributed by atoms with E-state index in [2.05, 4.69) is 48.6 Å². The molecule has 0 aliphatic heterocycles. The minimum absolute atomic E-state index is 0.230. The SMILES string of the molecule is COc1cc(CN[C@@H](CN(C)C)c2ccccc2)cc(Cl)c1OC. The molecular formula is C19H25ClN2O2. The zero-order valence-electron chi connectivity index (χ0n) is 14.7. The molecule has 24 heavy (non-hydrogen) atoms. The Morgan fingerprint density at radius 1 is 1.08 bits per heavy atom. The van der Waals surface area contributed by atoms with Gasteiger partial charge in [0.25, 0.3) is 0 Å². The second-order valence-electron chi connectivity index (χ2n) is 5.92. The molecule has 0 fully saturated rings. The Morgan fingerprint density at radius 2 is 1.79 bits per heavy atom. The van der Waals surface area contributed by atoms with Crippen LogP contribution in [0.15, 0.2) is 42.5 Å². The van der Waals surface area contributed by atoms with Crippen LogP contribution in [0.4, 0.5) is 0 Å². The number of rotatable bonds is 8. The predicted molar refractivity (Wildman–Crippen MR) is 99.1 cm³/mol. The molecule has 0 unspecified atom stereocenters. The van der Waals surface area contributed by atoms with Gasteiger partial charge in [0.05, 0.1) is 19.2 Å². The Labute approximate surface area is 149 Å². The summed E-state index contributed by atoms with van der Waals surface area (Å²) in [5.74, 6) is 1.21. The lowest BCUT2D eigenvalue weighted by molar-refractivity contribution is 0.339. The molecule has 4 nitrogen and oxygen atoms in total. The average molecular weight is 349 g/mol. The van der Waals surface area contributed by atoms with E-state index in [1.165, 1.54) is 5.56 Å². The van der Waals surface area contributed by atoms with E-state index >= 15 is 0 Å². The van der Waals surface area contributed by atoms with Gasteiger partial charge in [-0.1, -0.05) is 41.9 Å². The summed E-state index contributed by atoms with van der Waals surface area (Å²) < 4.78 is 10.7. The Hall–Kier alpha value is -1.75. The van der Waals surface area contributed by atoms with Gasteiger partial charge in [-0.05, 0) is 37.4 Å². The molecule has 0 saturated heterocycles. The van der Waals surface area contributed by atoms with Crippen molar-refractivity contribution in [2.45, 2.75) is 12.6 Å². The van der Waals surface area contributed by atoms with E-state index in [9.17, 15) is 0 Å². The maximum Gasteiger partial charge on any atom is 0.179 e. The number of halogens is 1. The van der Waals surface area contributed by atoms with Crippen molar-refractivity contribution in [3.05, 3.63) is 58.6 Å². The van der Waals surface area contributed by atoms with Gasteiger partial charge in [-0.15, -0.1) is 0 Å². The highest BCUT2D eigenvalue weighted by atomic mass is 35.5. The van der Waals surface area contributed by atoms with Gasteiger partial charge in [0.1, 0.15) is 0 Å². The summed E-state index contributed by atoms with van der Waals surface area (Å²) in [6.45, 7) is 1.60. The highest BCUT2D eigenvalue weighted by Gasteiger charge is 2.14. The van der Waals surface area contributed by atoms with Gasteiger partial charge in [0, 0.05) is 19.1 Å². The highest BCUT2D eigenvalue weighted by Crippen LogP contribution is 2.36. The molecule has 0 radical (unpaired) electrons. The van der Waals surface area contributed by atoms with Crippen LogP contribution in [0.2, 0.25) is 5.02 Å². The second kappa shape index (κ2) is 8.92. The number of hydrogen-bond acceptors (Lipinski definition) is 4. The average Bonchev–Trinajstić information content (AvgIpc) is 2.58. The molecule has 0 spiro atoms. The first-order valence-electron chi connectivity index (χ1n) is 7.88. The van der Waals surface area contributed by atoms with Crippen molar-refractivity contribution in [2.24, 2.45) is 0 Å². The number of ether oxygens (including phenoxy) is 2. The van der Waals surface area contributed by atoms with E-state index < -0.39 is 0 Å². The molecule has 0 aliphatic rings. The van der Waals surface area contributed by atoms with Crippen LogP contribution in [-0.4, -0.2) is 39.8 Å². The smallest absolute Gasteiger partial charge is 0.179 e. The molecule has 0 heterocycles. The largest absolute Gasteiger partial charge is 0.493 e. The fourth-order valence-corrected chi connectivity index (χ4v) is 2.96. The van der Waals surface area contributed by atoms with Gasteiger partial charge in [0.2, 0.25) is 0 Å². The fraction of sp³-hybridized carbons (Fsp3) is 0.368. The molecule has 0 amide bonds. The lowest BCUT2D eigenvalue weighted by atomic mass is 10.1. The van der Waals surface area contributed by atoms with Crippen molar-refractivity contribution in [3.8, 4) is 11.5 Å². The van der Waals surface area contributed by atoms with E-state index in [-0.39, 0.29) is 6.04 Å². The summed E-state index contributed by atoms with van der Waals surface area (Å²) in [6, 6.07) is 14.5. The summed E-state index contributed by atoms with van der Waals surface area (Å²) in [4.78, 5) is 2.17. The van der Waals surface area contributed by atoms with Crippen LogP contribution in [0, 0.1) is 0 Å². The number of hydrogen-bond donors (Lipinski definition) is 1. The van der Waals surface area contributed by atoms with Gasteiger partial charge >= 0.3 is 0 Å². The zero-order valence-corrected chi connectivity index (χ0v) is 15.4. The summed E-state index contributed by atoms with van der Waals surface area (Å²) in [6.07, 6.45) is 0. The number of nitrogens with zero attached hydrogens (tertiary/aromatic N) is 1. The van der Waals surface area contributed by atoms with Crippen molar-refractivity contribution in [1.29, 1.82) is 0 Å². The van der Waals surface area contributed by atoms with Gasteiger partial charge < -0.3 is 19.7 Å². The van der Waals surface area contributed by atoms with E-state index in [0.29, 0.717) is 23.1 Å². The first kappa shape index (κ1) is 18.6. The van der Waals surface area contributed by atoms with E-state index in [0.717, 1.165) is 12.1 Å². The lowest BCUT2D eigenvalue weighted by Crippen LogP contribution is -2.30. The van der Waals surface area contributed by atoms with E-state index in [1.54, 1.807) is 14.2 Å². The van der Waals surface area contributed by atoms with Crippen molar-refractivity contribution >= 4 is 11.6 Å². The molecule has 130 valence electrons. The topological polar surface area (TPSA) is 33.7 Å². The minimum Gasteiger partial charge on any atom is -0.493 e. The van der Waals surface area contributed by atoms with E-state index in [1.807, 2.05) is 18.2 Å². The maximum atomic E-state index is 6.29. The third-order valence-electron chi connectivity index (χ3n) is 3.80. The summed E-state index contributed by atoms with van der Waals surface area (Å²) in [5, 5.41) is 4.16. The summed E-state index contributed by atoms with van der Waals surface area (Å²) >= 11 is 6.29. The molecule has 0 aromatic heterocycles. The number of likely N-dealkylation sites (N-methyl/N-ethyl adjacent to an activating group) is 1. The number of benzene rings is 2. The van der Waals surface area contributed by atoms with Gasteiger partial charge in [-0.3, -0.25) is 0 Å². The zero-order chi connectivity index (χ0) is 17.5.